The minimum Gasteiger partial charge on any atom is -0.135 e. The number of thiophene rings is 2. The quantitative estimate of drug-likeness (QED) is 0.160. The molecule has 0 saturated heterocycles. The maximum atomic E-state index is 2.42. The highest BCUT2D eigenvalue weighted by atomic mass is 32.1. The predicted molar refractivity (Wildman–Crippen MR) is 239 cm³/mol. The molecule has 0 aliphatic carbocycles. The third kappa shape index (κ3) is 4.48. The molecule has 0 N–H and O–H groups in total. The van der Waals surface area contributed by atoms with Crippen LogP contribution in [-0.4, -0.2) is 0 Å². The Labute approximate surface area is 319 Å². The molecule has 0 amide bonds. The Morgan fingerprint density at radius 2 is 0.741 bits per heavy atom. The molecule has 0 unspecified atom stereocenters. The number of benzene rings is 10. The molecule has 250 valence electrons. The summed E-state index contributed by atoms with van der Waals surface area (Å²) in [5.74, 6) is 0. The van der Waals surface area contributed by atoms with E-state index in [9.17, 15) is 0 Å². The van der Waals surface area contributed by atoms with Gasteiger partial charge in [-0.2, -0.15) is 0 Å². The van der Waals surface area contributed by atoms with Crippen molar-refractivity contribution in [2.45, 2.75) is 0 Å². The number of hydrogen-bond donors (Lipinski definition) is 0. The van der Waals surface area contributed by atoms with Crippen molar-refractivity contribution in [3.05, 3.63) is 182 Å². The smallest absolute Gasteiger partial charge is 0.0433 e. The van der Waals surface area contributed by atoms with Crippen LogP contribution in [0.2, 0.25) is 0 Å². The molecule has 0 bridgehead atoms. The molecule has 2 aromatic heterocycles. The molecule has 0 spiro atoms. The number of hydrogen-bond acceptors (Lipinski definition) is 2. The van der Waals surface area contributed by atoms with Crippen molar-refractivity contribution < 1.29 is 0 Å². The van der Waals surface area contributed by atoms with Gasteiger partial charge < -0.3 is 0 Å². The SMILES string of the molecule is c1ccc(-c2c3ccccc3c(-c3ccc4cc(-c5ccc6c(ccc7c8cc9c(cc8sc67)sc6ccccc69)c5)ccc4c3)c3ccccc23)cc1. The first kappa shape index (κ1) is 30.2. The summed E-state index contributed by atoms with van der Waals surface area (Å²) < 4.78 is 5.46. The molecule has 2 heterocycles. The van der Waals surface area contributed by atoms with Crippen LogP contribution in [-0.2, 0) is 0 Å². The lowest BCUT2D eigenvalue weighted by Gasteiger charge is -2.18. The molecule has 12 rings (SSSR count). The van der Waals surface area contributed by atoms with E-state index in [1.165, 1.54) is 117 Å². The summed E-state index contributed by atoms with van der Waals surface area (Å²) in [4.78, 5) is 0. The summed E-state index contributed by atoms with van der Waals surface area (Å²) >= 11 is 3.82. The van der Waals surface area contributed by atoms with Crippen LogP contribution in [0.4, 0.5) is 0 Å². The zero-order valence-electron chi connectivity index (χ0n) is 29.1. The van der Waals surface area contributed by atoms with Gasteiger partial charge in [0.05, 0.1) is 0 Å². The Bertz CT molecular complexity index is 3430. The van der Waals surface area contributed by atoms with E-state index in [2.05, 4.69) is 182 Å². The maximum Gasteiger partial charge on any atom is 0.0433 e. The highest BCUT2D eigenvalue weighted by Gasteiger charge is 2.17. The standard InChI is InChI=1S/C52H30S2/c1-2-10-31(11-3-1)50-40-13-4-6-15-42(40)51(43-16-7-5-14-41(43)50)37-21-20-33-26-32(18-19-34(33)28-37)35-22-24-38-36(27-35)23-25-44-46-29-45-39-12-8-9-17-47(39)53-48(45)30-49(46)54-52(38)44/h1-30H. The van der Waals surface area contributed by atoms with Gasteiger partial charge in [0.25, 0.3) is 0 Å². The zero-order valence-corrected chi connectivity index (χ0v) is 30.8. The molecule has 12 aromatic rings. The summed E-state index contributed by atoms with van der Waals surface area (Å²) in [6.45, 7) is 0. The Kier molecular flexibility index (Phi) is 6.48. The lowest BCUT2D eigenvalue weighted by molar-refractivity contribution is 1.66. The van der Waals surface area contributed by atoms with E-state index < -0.39 is 0 Å². The van der Waals surface area contributed by atoms with Gasteiger partial charge in [-0.15, -0.1) is 22.7 Å². The largest absolute Gasteiger partial charge is 0.135 e. The van der Waals surface area contributed by atoms with Gasteiger partial charge in [0, 0.05) is 40.3 Å². The summed E-state index contributed by atoms with van der Waals surface area (Å²) in [5, 5.41) is 15.7. The monoisotopic (exact) mass is 718 g/mol. The summed E-state index contributed by atoms with van der Waals surface area (Å²) in [5.41, 5.74) is 7.57. The first-order valence-corrected chi connectivity index (χ1v) is 20.1. The molecule has 0 atom stereocenters. The molecule has 2 heteroatoms. The molecular formula is C52H30S2. The van der Waals surface area contributed by atoms with E-state index in [4.69, 9.17) is 0 Å². The van der Waals surface area contributed by atoms with Crippen LogP contribution < -0.4 is 0 Å². The number of fused-ring (bicyclic) bond motifs is 11. The van der Waals surface area contributed by atoms with Crippen molar-refractivity contribution in [3.63, 3.8) is 0 Å². The second-order valence-corrected chi connectivity index (χ2v) is 16.5. The van der Waals surface area contributed by atoms with Crippen molar-refractivity contribution in [2.75, 3.05) is 0 Å². The minimum atomic E-state index is 1.24. The molecule has 0 radical (unpaired) electrons. The van der Waals surface area contributed by atoms with Crippen molar-refractivity contribution in [3.8, 4) is 33.4 Å². The van der Waals surface area contributed by atoms with Gasteiger partial charge in [-0.05, 0) is 113 Å². The Morgan fingerprint density at radius 3 is 1.46 bits per heavy atom. The van der Waals surface area contributed by atoms with Gasteiger partial charge in [-0.25, -0.2) is 0 Å². The summed E-state index contributed by atoms with van der Waals surface area (Å²) in [7, 11) is 0. The van der Waals surface area contributed by atoms with E-state index in [1.54, 1.807) is 0 Å². The van der Waals surface area contributed by atoms with Crippen molar-refractivity contribution in [2.24, 2.45) is 0 Å². The molecule has 0 aliphatic rings. The van der Waals surface area contributed by atoms with Crippen LogP contribution in [0.5, 0.6) is 0 Å². The third-order valence-corrected chi connectivity index (χ3v) is 13.7. The Morgan fingerprint density at radius 1 is 0.241 bits per heavy atom. The molecule has 0 saturated carbocycles. The second kappa shape index (κ2) is 11.6. The fraction of sp³-hybridized carbons (Fsp3) is 0. The third-order valence-electron chi connectivity index (χ3n) is 11.4. The molecule has 10 aromatic carbocycles. The number of rotatable bonds is 3. The summed E-state index contributed by atoms with van der Waals surface area (Å²) in [6.07, 6.45) is 0. The van der Waals surface area contributed by atoms with Gasteiger partial charge in [-0.1, -0.05) is 146 Å². The molecule has 0 fully saturated rings. The van der Waals surface area contributed by atoms with Crippen molar-refractivity contribution in [1.29, 1.82) is 0 Å². The zero-order chi connectivity index (χ0) is 35.3. The fourth-order valence-corrected chi connectivity index (χ4v) is 11.4. The summed E-state index contributed by atoms with van der Waals surface area (Å²) in [6, 6.07) is 67.8. The molecule has 0 aliphatic heterocycles. The highest BCUT2D eigenvalue weighted by Crippen LogP contribution is 2.46. The van der Waals surface area contributed by atoms with Gasteiger partial charge >= 0.3 is 0 Å². The van der Waals surface area contributed by atoms with Gasteiger partial charge in [-0.3, -0.25) is 0 Å². The van der Waals surface area contributed by atoms with E-state index in [0.29, 0.717) is 0 Å². The molecule has 54 heavy (non-hydrogen) atoms. The fourth-order valence-electron chi connectivity index (χ4n) is 8.90. The molecular weight excluding hydrogens is 689 g/mol. The van der Waals surface area contributed by atoms with Crippen LogP contribution in [0.1, 0.15) is 0 Å². The van der Waals surface area contributed by atoms with Gasteiger partial charge in [0.1, 0.15) is 0 Å². The first-order valence-electron chi connectivity index (χ1n) is 18.5. The Balaban J connectivity index is 0.957. The van der Waals surface area contributed by atoms with Crippen LogP contribution in [0.25, 0.3) is 117 Å². The highest BCUT2D eigenvalue weighted by molar-refractivity contribution is 7.28. The lowest BCUT2D eigenvalue weighted by atomic mass is 9.85. The van der Waals surface area contributed by atoms with E-state index in [0.717, 1.165) is 0 Å². The molecule has 0 nitrogen and oxygen atoms in total. The van der Waals surface area contributed by atoms with Crippen LogP contribution in [0, 0.1) is 0 Å². The lowest BCUT2D eigenvalue weighted by Crippen LogP contribution is -1.90. The second-order valence-electron chi connectivity index (χ2n) is 14.4. The van der Waals surface area contributed by atoms with Crippen molar-refractivity contribution >= 4 is 106 Å². The van der Waals surface area contributed by atoms with E-state index in [-0.39, 0.29) is 0 Å². The van der Waals surface area contributed by atoms with Crippen LogP contribution >= 0.6 is 22.7 Å². The average molecular weight is 719 g/mol. The van der Waals surface area contributed by atoms with E-state index in [1.807, 2.05) is 22.7 Å². The maximum absolute atomic E-state index is 2.42. The normalized spacial score (nSPS) is 12.1. The van der Waals surface area contributed by atoms with Crippen molar-refractivity contribution in [1.82, 2.24) is 0 Å². The average Bonchev–Trinajstić information content (AvgIpc) is 3.79. The topological polar surface area (TPSA) is 0 Å². The Hall–Kier alpha value is -6.32. The van der Waals surface area contributed by atoms with Gasteiger partial charge in [0.15, 0.2) is 0 Å². The van der Waals surface area contributed by atoms with Crippen LogP contribution in [0.3, 0.4) is 0 Å². The minimum absolute atomic E-state index is 1.24. The van der Waals surface area contributed by atoms with Crippen LogP contribution in [0.15, 0.2) is 182 Å². The predicted octanol–water partition coefficient (Wildman–Crippen LogP) is 16.0. The van der Waals surface area contributed by atoms with E-state index >= 15 is 0 Å². The first-order chi connectivity index (χ1) is 26.7. The van der Waals surface area contributed by atoms with Gasteiger partial charge in [0.2, 0.25) is 0 Å².